The van der Waals surface area contributed by atoms with Gasteiger partial charge in [-0.25, -0.2) is 8.42 Å². The second kappa shape index (κ2) is 11.1. The Hall–Kier alpha value is -1.13. The number of sulfonamides is 1. The molecule has 2 atom stereocenters. The Balaban J connectivity index is 2.00. The number of carbonyl (C=O) groups is 1. The molecule has 1 heterocycles. The second-order valence-electron chi connectivity index (χ2n) is 9.54. The lowest BCUT2D eigenvalue weighted by atomic mass is 10.1. The first-order valence-corrected chi connectivity index (χ1v) is 13.4. The van der Waals surface area contributed by atoms with Crippen LogP contribution in [0.25, 0.3) is 0 Å². The summed E-state index contributed by atoms with van der Waals surface area (Å²) in [5.41, 5.74) is -0.293. The van der Waals surface area contributed by atoms with Gasteiger partial charge in [-0.15, -0.1) is 11.8 Å². The van der Waals surface area contributed by atoms with E-state index in [2.05, 4.69) is 10.2 Å². The second-order valence-corrected chi connectivity index (χ2v) is 12.5. The van der Waals surface area contributed by atoms with E-state index in [1.807, 2.05) is 34.6 Å². The van der Waals surface area contributed by atoms with E-state index in [0.29, 0.717) is 19.5 Å². The number of amides is 1. The summed E-state index contributed by atoms with van der Waals surface area (Å²) in [6.45, 7) is 10.7. The number of aliphatic hydroxyl groups is 1. The molecule has 0 bridgehead atoms. The summed E-state index contributed by atoms with van der Waals surface area (Å²) < 4.78 is 27.5. The highest BCUT2D eigenvalue weighted by atomic mass is 32.2. The predicted molar refractivity (Wildman–Crippen MR) is 126 cm³/mol. The largest absolute Gasteiger partial charge is 0.392 e. The van der Waals surface area contributed by atoms with Gasteiger partial charge in [-0.05, 0) is 45.2 Å². The molecule has 2 rings (SSSR count). The summed E-state index contributed by atoms with van der Waals surface area (Å²) in [7, 11) is -3.68. The number of thioether (sulfide) groups is 1. The van der Waals surface area contributed by atoms with Crippen LogP contribution in [0.3, 0.4) is 0 Å². The first-order valence-electron chi connectivity index (χ1n) is 10.8. The van der Waals surface area contributed by atoms with Gasteiger partial charge < -0.3 is 10.4 Å². The highest BCUT2D eigenvalue weighted by Crippen LogP contribution is 2.23. The number of aliphatic hydroxyl groups excluding tert-OH is 1. The zero-order chi connectivity index (χ0) is 23.2. The molecule has 0 spiro atoms. The van der Waals surface area contributed by atoms with E-state index in [1.54, 1.807) is 42.1 Å². The minimum absolute atomic E-state index is 0.0000736. The lowest BCUT2D eigenvalue weighted by Gasteiger charge is -2.29. The number of rotatable bonds is 10. The minimum Gasteiger partial charge on any atom is -0.392 e. The monoisotopic (exact) mass is 471 g/mol. The number of carbonyl (C=O) groups excluding carboxylic acids is 1. The molecule has 1 aromatic rings. The minimum atomic E-state index is -3.68. The van der Waals surface area contributed by atoms with Gasteiger partial charge in [0.15, 0.2) is 0 Å². The van der Waals surface area contributed by atoms with Gasteiger partial charge in [0, 0.05) is 36.8 Å². The van der Waals surface area contributed by atoms with Crippen LogP contribution in [0.1, 0.15) is 41.0 Å². The Labute approximate surface area is 191 Å². The van der Waals surface area contributed by atoms with Gasteiger partial charge in [0.25, 0.3) is 0 Å². The standard InChI is InChI=1S/C22H37N3O4S2/c1-17(2)13-25(31(28,29)19-9-7-6-8-10-19)14-18(26)11-12-24-16-30-15-20(24)21(27)23-22(3,4)5/h6-10,17-18,20,26H,11-16H2,1-5H3,(H,23,27)/t18?,20-/m0/s1. The molecular weight excluding hydrogens is 434 g/mol. The third kappa shape index (κ3) is 8.05. The number of nitrogens with one attached hydrogen (secondary N) is 1. The zero-order valence-electron chi connectivity index (χ0n) is 19.2. The SMILES string of the molecule is CC(C)CN(CC(O)CCN1CSC[C@H]1C(=O)NC(C)(C)C)S(=O)(=O)c1ccccc1. The van der Waals surface area contributed by atoms with Crippen molar-refractivity contribution >= 4 is 27.7 Å². The molecule has 1 aliphatic heterocycles. The quantitative estimate of drug-likeness (QED) is 0.545. The normalized spacial score (nSPS) is 19.2. The van der Waals surface area contributed by atoms with E-state index >= 15 is 0 Å². The van der Waals surface area contributed by atoms with Crippen molar-refractivity contribution in [1.82, 2.24) is 14.5 Å². The third-order valence-electron chi connectivity index (χ3n) is 4.89. The smallest absolute Gasteiger partial charge is 0.243 e. The first kappa shape index (κ1) is 26.1. The van der Waals surface area contributed by atoms with Crippen LogP contribution in [0, 0.1) is 5.92 Å². The summed E-state index contributed by atoms with van der Waals surface area (Å²) >= 11 is 1.70. The van der Waals surface area contributed by atoms with Gasteiger partial charge in [0.1, 0.15) is 0 Å². The molecule has 1 amide bonds. The molecule has 0 aromatic heterocycles. The van der Waals surface area contributed by atoms with E-state index in [4.69, 9.17) is 0 Å². The molecular formula is C22H37N3O4S2. The van der Waals surface area contributed by atoms with E-state index in [9.17, 15) is 18.3 Å². The maximum atomic E-state index is 13.1. The average molecular weight is 472 g/mol. The van der Waals surface area contributed by atoms with E-state index < -0.39 is 16.1 Å². The van der Waals surface area contributed by atoms with E-state index in [-0.39, 0.29) is 34.8 Å². The first-order chi connectivity index (χ1) is 14.4. The van der Waals surface area contributed by atoms with E-state index in [1.165, 1.54) is 4.31 Å². The number of hydrogen-bond donors (Lipinski definition) is 2. The van der Waals surface area contributed by atoms with Crippen molar-refractivity contribution in [2.24, 2.45) is 5.92 Å². The molecule has 1 aromatic carbocycles. The molecule has 0 aliphatic carbocycles. The number of hydrogen-bond acceptors (Lipinski definition) is 6. The van der Waals surface area contributed by atoms with Crippen LogP contribution in [0.15, 0.2) is 35.2 Å². The van der Waals surface area contributed by atoms with Crippen molar-refractivity contribution in [2.75, 3.05) is 31.3 Å². The topological polar surface area (TPSA) is 89.9 Å². The average Bonchev–Trinajstić information content (AvgIpc) is 3.14. The van der Waals surface area contributed by atoms with Gasteiger partial charge in [0.05, 0.1) is 17.0 Å². The van der Waals surface area contributed by atoms with Crippen molar-refractivity contribution in [3.63, 3.8) is 0 Å². The molecule has 0 saturated carbocycles. The Morgan fingerprint density at radius 3 is 2.48 bits per heavy atom. The Bertz CT molecular complexity index is 810. The van der Waals surface area contributed by atoms with Crippen molar-refractivity contribution in [1.29, 1.82) is 0 Å². The summed E-state index contributed by atoms with van der Waals surface area (Å²) in [5, 5.41) is 13.7. The van der Waals surface area contributed by atoms with Gasteiger partial charge in [-0.3, -0.25) is 9.69 Å². The molecule has 9 heteroatoms. The van der Waals surface area contributed by atoms with Crippen molar-refractivity contribution in [3.8, 4) is 0 Å². The molecule has 1 fully saturated rings. The van der Waals surface area contributed by atoms with Crippen LogP contribution in [-0.4, -0.2) is 77.6 Å². The Morgan fingerprint density at radius 1 is 1.26 bits per heavy atom. The lowest BCUT2D eigenvalue weighted by molar-refractivity contribution is -0.126. The summed E-state index contributed by atoms with van der Waals surface area (Å²) in [5.74, 6) is 1.58. The maximum absolute atomic E-state index is 13.1. The molecule has 1 saturated heterocycles. The Morgan fingerprint density at radius 2 is 1.90 bits per heavy atom. The molecule has 0 radical (unpaired) electrons. The third-order valence-corrected chi connectivity index (χ3v) is 7.80. The molecule has 31 heavy (non-hydrogen) atoms. The number of nitrogens with zero attached hydrogens (tertiary/aromatic N) is 2. The van der Waals surface area contributed by atoms with Gasteiger partial charge >= 0.3 is 0 Å². The fourth-order valence-electron chi connectivity index (χ4n) is 3.45. The molecule has 176 valence electrons. The van der Waals surface area contributed by atoms with Crippen LogP contribution in [0.4, 0.5) is 0 Å². The number of benzene rings is 1. The lowest BCUT2D eigenvalue weighted by Crippen LogP contribution is -2.51. The summed E-state index contributed by atoms with van der Waals surface area (Å²) in [4.78, 5) is 14.9. The van der Waals surface area contributed by atoms with Gasteiger partial charge in [-0.1, -0.05) is 32.0 Å². The molecule has 7 nitrogen and oxygen atoms in total. The summed E-state index contributed by atoms with van der Waals surface area (Å²) in [6, 6.07) is 8.11. The fraction of sp³-hybridized carbons (Fsp3) is 0.682. The molecule has 1 aliphatic rings. The van der Waals surface area contributed by atoms with Crippen molar-refractivity contribution < 1.29 is 18.3 Å². The van der Waals surface area contributed by atoms with Crippen LogP contribution in [0.5, 0.6) is 0 Å². The Kier molecular flexibility index (Phi) is 9.39. The van der Waals surface area contributed by atoms with E-state index in [0.717, 1.165) is 11.6 Å². The van der Waals surface area contributed by atoms with Gasteiger partial charge in [0.2, 0.25) is 15.9 Å². The fourth-order valence-corrected chi connectivity index (χ4v) is 6.35. The van der Waals surface area contributed by atoms with Crippen LogP contribution in [-0.2, 0) is 14.8 Å². The van der Waals surface area contributed by atoms with Crippen LogP contribution < -0.4 is 5.32 Å². The predicted octanol–water partition coefficient (Wildman–Crippen LogP) is 2.37. The van der Waals surface area contributed by atoms with Crippen molar-refractivity contribution in [3.05, 3.63) is 30.3 Å². The van der Waals surface area contributed by atoms with Crippen LogP contribution >= 0.6 is 11.8 Å². The highest BCUT2D eigenvalue weighted by Gasteiger charge is 2.33. The highest BCUT2D eigenvalue weighted by molar-refractivity contribution is 7.99. The summed E-state index contributed by atoms with van der Waals surface area (Å²) in [6.07, 6.45) is -0.409. The van der Waals surface area contributed by atoms with Gasteiger partial charge in [-0.2, -0.15) is 4.31 Å². The zero-order valence-corrected chi connectivity index (χ0v) is 20.9. The van der Waals surface area contributed by atoms with Crippen molar-refractivity contribution in [2.45, 2.75) is 63.6 Å². The molecule has 1 unspecified atom stereocenters. The molecule has 2 N–H and O–H groups in total. The van der Waals surface area contributed by atoms with Crippen LogP contribution in [0.2, 0.25) is 0 Å². The maximum Gasteiger partial charge on any atom is 0.243 e.